The van der Waals surface area contributed by atoms with Gasteiger partial charge >= 0.3 is 0 Å². The third-order valence-corrected chi connectivity index (χ3v) is 2.80. The Kier molecular flexibility index (Phi) is 2.98. The Bertz CT molecular complexity index is 350. The Balaban J connectivity index is 2.00. The first kappa shape index (κ1) is 10.5. The molecule has 0 amide bonds. The third-order valence-electron chi connectivity index (χ3n) is 2.80. The summed E-state index contributed by atoms with van der Waals surface area (Å²) in [4.78, 5) is 2.14. The Morgan fingerprint density at radius 3 is 2.60 bits per heavy atom. The van der Waals surface area contributed by atoms with Gasteiger partial charge in [-0.05, 0) is 24.7 Å². The molecular weight excluding hydrogens is 198 g/mol. The molecule has 0 saturated carbocycles. The first-order valence-electron chi connectivity index (χ1n) is 5.01. The standard InChI is InChI=1S/C11H14F2N2/c1-15(9-5-14-6-9)7-8-2-3-10(12)11(13)4-8/h2-4,9,14H,5-7H2,1H3. The van der Waals surface area contributed by atoms with Crippen LogP contribution in [-0.2, 0) is 6.54 Å². The van der Waals surface area contributed by atoms with Gasteiger partial charge in [0.2, 0.25) is 0 Å². The number of nitrogens with one attached hydrogen (secondary N) is 1. The van der Waals surface area contributed by atoms with Crippen molar-refractivity contribution in [1.82, 2.24) is 10.2 Å². The lowest BCUT2D eigenvalue weighted by atomic mass is 10.1. The lowest BCUT2D eigenvalue weighted by Gasteiger charge is -2.35. The lowest BCUT2D eigenvalue weighted by molar-refractivity contribution is 0.173. The highest BCUT2D eigenvalue weighted by Gasteiger charge is 2.21. The molecule has 1 aliphatic rings. The number of hydrogen-bond donors (Lipinski definition) is 1. The van der Waals surface area contributed by atoms with Gasteiger partial charge < -0.3 is 5.32 Å². The van der Waals surface area contributed by atoms with E-state index in [9.17, 15) is 8.78 Å². The van der Waals surface area contributed by atoms with Gasteiger partial charge in [-0.25, -0.2) is 8.78 Å². The fourth-order valence-corrected chi connectivity index (χ4v) is 1.64. The van der Waals surface area contributed by atoms with E-state index in [1.165, 1.54) is 12.1 Å². The van der Waals surface area contributed by atoms with E-state index in [1.807, 2.05) is 7.05 Å². The van der Waals surface area contributed by atoms with Crippen LogP contribution in [-0.4, -0.2) is 31.1 Å². The smallest absolute Gasteiger partial charge is 0.159 e. The van der Waals surface area contributed by atoms with Gasteiger partial charge in [0.1, 0.15) is 0 Å². The molecule has 1 saturated heterocycles. The van der Waals surface area contributed by atoms with Crippen molar-refractivity contribution in [3.05, 3.63) is 35.4 Å². The van der Waals surface area contributed by atoms with E-state index >= 15 is 0 Å². The Labute approximate surface area is 87.9 Å². The van der Waals surface area contributed by atoms with Gasteiger partial charge in [-0.2, -0.15) is 0 Å². The average molecular weight is 212 g/mol. The maximum Gasteiger partial charge on any atom is 0.159 e. The molecule has 0 unspecified atom stereocenters. The molecule has 2 nitrogen and oxygen atoms in total. The lowest BCUT2D eigenvalue weighted by Crippen LogP contribution is -2.55. The van der Waals surface area contributed by atoms with Crippen LogP contribution in [0.25, 0.3) is 0 Å². The molecule has 0 aromatic heterocycles. The van der Waals surface area contributed by atoms with Gasteiger partial charge in [0.25, 0.3) is 0 Å². The molecule has 2 rings (SSSR count). The summed E-state index contributed by atoms with van der Waals surface area (Å²) in [5.41, 5.74) is 0.809. The van der Waals surface area contributed by atoms with Gasteiger partial charge in [-0.15, -0.1) is 0 Å². The molecular formula is C11H14F2N2. The fourth-order valence-electron chi connectivity index (χ4n) is 1.64. The topological polar surface area (TPSA) is 15.3 Å². The van der Waals surface area contributed by atoms with Crippen LogP contribution in [0.15, 0.2) is 18.2 Å². The zero-order valence-corrected chi connectivity index (χ0v) is 8.63. The molecule has 0 spiro atoms. The van der Waals surface area contributed by atoms with Crippen molar-refractivity contribution in [1.29, 1.82) is 0 Å². The van der Waals surface area contributed by atoms with E-state index in [4.69, 9.17) is 0 Å². The number of hydrogen-bond acceptors (Lipinski definition) is 2. The van der Waals surface area contributed by atoms with Crippen molar-refractivity contribution in [2.75, 3.05) is 20.1 Å². The number of halogens is 2. The molecule has 1 fully saturated rings. The first-order chi connectivity index (χ1) is 7.16. The van der Waals surface area contributed by atoms with Gasteiger partial charge in [0.05, 0.1) is 0 Å². The molecule has 0 atom stereocenters. The highest BCUT2D eigenvalue weighted by molar-refractivity contribution is 5.17. The van der Waals surface area contributed by atoms with Crippen molar-refractivity contribution in [3.8, 4) is 0 Å². The van der Waals surface area contributed by atoms with E-state index in [0.29, 0.717) is 12.6 Å². The van der Waals surface area contributed by atoms with Crippen LogP contribution in [0.4, 0.5) is 8.78 Å². The second kappa shape index (κ2) is 4.24. The minimum Gasteiger partial charge on any atom is -0.314 e. The molecule has 0 radical (unpaired) electrons. The second-order valence-electron chi connectivity index (χ2n) is 3.98. The summed E-state index contributed by atoms with van der Waals surface area (Å²) < 4.78 is 25.6. The fraction of sp³-hybridized carbons (Fsp3) is 0.455. The molecule has 82 valence electrons. The van der Waals surface area contributed by atoms with Gasteiger partial charge in [-0.1, -0.05) is 6.07 Å². The second-order valence-corrected chi connectivity index (χ2v) is 3.98. The van der Waals surface area contributed by atoms with Gasteiger partial charge in [-0.3, -0.25) is 4.90 Å². The van der Waals surface area contributed by atoms with E-state index in [-0.39, 0.29) is 0 Å². The summed E-state index contributed by atoms with van der Waals surface area (Å²) in [5, 5.41) is 3.17. The quantitative estimate of drug-likeness (QED) is 0.814. The maximum atomic E-state index is 12.9. The molecule has 0 bridgehead atoms. The van der Waals surface area contributed by atoms with Crippen molar-refractivity contribution in [3.63, 3.8) is 0 Å². The highest BCUT2D eigenvalue weighted by atomic mass is 19.2. The molecule has 0 aliphatic carbocycles. The van der Waals surface area contributed by atoms with Crippen molar-refractivity contribution < 1.29 is 8.78 Å². The maximum absolute atomic E-state index is 12.9. The molecule has 1 aliphatic heterocycles. The Morgan fingerprint density at radius 2 is 2.07 bits per heavy atom. The minimum absolute atomic E-state index is 0.512. The first-order valence-corrected chi connectivity index (χ1v) is 5.01. The number of benzene rings is 1. The number of rotatable bonds is 3. The summed E-state index contributed by atoms with van der Waals surface area (Å²) in [7, 11) is 1.99. The van der Waals surface area contributed by atoms with E-state index in [1.54, 1.807) is 6.07 Å². The van der Waals surface area contributed by atoms with Crippen molar-refractivity contribution in [2.24, 2.45) is 0 Å². The minimum atomic E-state index is -0.785. The van der Waals surface area contributed by atoms with Crippen LogP contribution in [0, 0.1) is 11.6 Å². The van der Waals surface area contributed by atoms with Gasteiger partial charge in [0.15, 0.2) is 11.6 Å². The van der Waals surface area contributed by atoms with E-state index in [0.717, 1.165) is 18.7 Å². The summed E-state index contributed by atoms with van der Waals surface area (Å²) in [6, 6.07) is 4.58. The number of nitrogens with zero attached hydrogens (tertiary/aromatic N) is 1. The van der Waals surface area contributed by atoms with Crippen LogP contribution in [0.3, 0.4) is 0 Å². The zero-order chi connectivity index (χ0) is 10.8. The van der Waals surface area contributed by atoms with Gasteiger partial charge in [0, 0.05) is 25.7 Å². The monoisotopic (exact) mass is 212 g/mol. The number of likely N-dealkylation sites (N-methyl/N-ethyl adjacent to an activating group) is 1. The summed E-state index contributed by atoms with van der Waals surface area (Å²) in [6.45, 7) is 2.60. The highest BCUT2D eigenvalue weighted by Crippen LogP contribution is 2.12. The third kappa shape index (κ3) is 2.33. The van der Waals surface area contributed by atoms with Crippen molar-refractivity contribution in [2.45, 2.75) is 12.6 Å². The molecule has 1 aromatic carbocycles. The predicted molar refractivity (Wildman–Crippen MR) is 54.5 cm³/mol. The van der Waals surface area contributed by atoms with E-state index in [2.05, 4.69) is 10.2 Å². The Morgan fingerprint density at radius 1 is 1.33 bits per heavy atom. The Hall–Kier alpha value is -1.00. The predicted octanol–water partition coefficient (Wildman–Crippen LogP) is 1.37. The van der Waals surface area contributed by atoms with Crippen LogP contribution < -0.4 is 5.32 Å². The molecule has 4 heteroatoms. The molecule has 1 N–H and O–H groups in total. The summed E-state index contributed by atoms with van der Waals surface area (Å²) in [5.74, 6) is -1.56. The normalized spacial score (nSPS) is 16.8. The van der Waals surface area contributed by atoms with Crippen LogP contribution >= 0.6 is 0 Å². The van der Waals surface area contributed by atoms with Crippen LogP contribution in [0.1, 0.15) is 5.56 Å². The zero-order valence-electron chi connectivity index (χ0n) is 8.63. The molecule has 1 aromatic rings. The van der Waals surface area contributed by atoms with E-state index < -0.39 is 11.6 Å². The van der Waals surface area contributed by atoms with Crippen molar-refractivity contribution >= 4 is 0 Å². The molecule has 15 heavy (non-hydrogen) atoms. The summed E-state index contributed by atoms with van der Waals surface area (Å²) in [6.07, 6.45) is 0. The van der Waals surface area contributed by atoms with Crippen LogP contribution in [0.5, 0.6) is 0 Å². The average Bonchev–Trinajstić information content (AvgIpc) is 2.08. The summed E-state index contributed by atoms with van der Waals surface area (Å²) >= 11 is 0. The molecule has 1 heterocycles. The largest absolute Gasteiger partial charge is 0.314 e. The van der Waals surface area contributed by atoms with Crippen LogP contribution in [0.2, 0.25) is 0 Å². The SMILES string of the molecule is CN(Cc1ccc(F)c(F)c1)C1CNC1.